The molecule has 1 fully saturated rings. The molecule has 2 aromatic heterocycles. The van der Waals surface area contributed by atoms with E-state index in [1.807, 2.05) is 36.5 Å². The molecule has 1 N–H and O–H groups in total. The molecule has 1 aliphatic rings. The van der Waals surface area contributed by atoms with Gasteiger partial charge in [-0.25, -0.2) is 0 Å². The first-order valence-corrected chi connectivity index (χ1v) is 7.48. The van der Waals surface area contributed by atoms with Crippen molar-refractivity contribution < 1.29 is 4.74 Å². The standard InChI is InChI=1S/C17H18N4O/c1-21-9-13(10-21)17-16-14(19-20-17)5-2-6-15(16)22-11-12-4-3-7-18-8-12/h2-8,13H,9-11H2,1H3,(H,19,20). The van der Waals surface area contributed by atoms with E-state index in [1.165, 1.54) is 5.69 Å². The normalized spacial score (nSPS) is 15.9. The zero-order valence-electron chi connectivity index (χ0n) is 12.5. The smallest absolute Gasteiger partial charge is 0.131 e. The Hall–Kier alpha value is -2.40. The number of aromatic nitrogens is 3. The van der Waals surface area contributed by atoms with Crippen molar-refractivity contribution in [3.8, 4) is 5.75 Å². The fourth-order valence-electron chi connectivity index (χ4n) is 3.00. The van der Waals surface area contributed by atoms with Gasteiger partial charge in [-0.05, 0) is 25.2 Å². The van der Waals surface area contributed by atoms with Crippen molar-refractivity contribution in [3.05, 3.63) is 54.0 Å². The Kier molecular flexibility index (Phi) is 3.27. The molecule has 22 heavy (non-hydrogen) atoms. The van der Waals surface area contributed by atoms with Crippen molar-refractivity contribution in [2.45, 2.75) is 12.5 Å². The first kappa shape index (κ1) is 13.3. The highest BCUT2D eigenvalue weighted by molar-refractivity contribution is 5.88. The van der Waals surface area contributed by atoms with Gasteiger partial charge in [0.2, 0.25) is 0 Å². The van der Waals surface area contributed by atoms with Crippen LogP contribution in [0.15, 0.2) is 42.7 Å². The third-order valence-electron chi connectivity index (χ3n) is 4.16. The summed E-state index contributed by atoms with van der Waals surface area (Å²) in [6.45, 7) is 2.64. The maximum Gasteiger partial charge on any atom is 0.131 e. The van der Waals surface area contributed by atoms with Crippen molar-refractivity contribution in [1.82, 2.24) is 20.1 Å². The van der Waals surface area contributed by atoms with E-state index in [1.54, 1.807) is 6.20 Å². The second kappa shape index (κ2) is 5.42. The summed E-state index contributed by atoms with van der Waals surface area (Å²) in [6.07, 6.45) is 3.60. The van der Waals surface area contributed by atoms with Gasteiger partial charge in [-0.15, -0.1) is 0 Å². The molecular formula is C17H18N4O. The summed E-state index contributed by atoms with van der Waals surface area (Å²) in [4.78, 5) is 6.42. The minimum atomic E-state index is 0.512. The first-order chi connectivity index (χ1) is 10.8. The average Bonchev–Trinajstić information content (AvgIpc) is 2.95. The van der Waals surface area contributed by atoms with E-state index in [9.17, 15) is 0 Å². The molecule has 0 spiro atoms. The highest BCUT2D eigenvalue weighted by Gasteiger charge is 2.29. The Labute approximate surface area is 128 Å². The molecule has 5 nitrogen and oxygen atoms in total. The summed E-state index contributed by atoms with van der Waals surface area (Å²) in [7, 11) is 2.13. The lowest BCUT2D eigenvalue weighted by molar-refractivity contribution is 0.187. The molecule has 3 aromatic rings. The number of likely N-dealkylation sites (tertiary alicyclic amines) is 1. The molecule has 0 radical (unpaired) electrons. The Balaban J connectivity index is 1.64. The van der Waals surface area contributed by atoms with Crippen molar-refractivity contribution in [2.75, 3.05) is 20.1 Å². The lowest BCUT2D eigenvalue weighted by atomic mass is 9.94. The van der Waals surface area contributed by atoms with E-state index in [-0.39, 0.29) is 0 Å². The van der Waals surface area contributed by atoms with Crippen LogP contribution >= 0.6 is 0 Å². The van der Waals surface area contributed by atoms with E-state index >= 15 is 0 Å². The minimum absolute atomic E-state index is 0.512. The van der Waals surface area contributed by atoms with E-state index in [4.69, 9.17) is 4.74 Å². The molecule has 1 saturated heterocycles. The SMILES string of the molecule is CN1CC(c2[nH]nc3cccc(OCc4cccnc4)c23)C1. The highest BCUT2D eigenvalue weighted by Crippen LogP contribution is 2.35. The molecule has 1 aromatic carbocycles. The molecule has 0 saturated carbocycles. The molecule has 5 heteroatoms. The maximum absolute atomic E-state index is 6.04. The van der Waals surface area contributed by atoms with Gasteiger partial charge in [0.05, 0.1) is 16.6 Å². The second-order valence-corrected chi connectivity index (χ2v) is 5.86. The van der Waals surface area contributed by atoms with Gasteiger partial charge in [0.15, 0.2) is 0 Å². The number of nitrogens with one attached hydrogen (secondary N) is 1. The van der Waals surface area contributed by atoms with Gasteiger partial charge in [0.25, 0.3) is 0 Å². The number of nitrogens with zero attached hydrogens (tertiary/aromatic N) is 3. The van der Waals surface area contributed by atoms with Crippen LogP contribution < -0.4 is 4.74 Å². The molecule has 0 atom stereocenters. The zero-order chi connectivity index (χ0) is 14.9. The molecule has 0 amide bonds. The van der Waals surface area contributed by atoms with Gasteiger partial charge in [-0.1, -0.05) is 12.1 Å². The number of fused-ring (bicyclic) bond motifs is 1. The summed E-state index contributed by atoms with van der Waals surface area (Å²) in [6, 6.07) is 9.96. The fraction of sp³-hybridized carbons (Fsp3) is 0.294. The van der Waals surface area contributed by atoms with Gasteiger partial charge < -0.3 is 9.64 Å². The topological polar surface area (TPSA) is 54.0 Å². The number of benzene rings is 1. The molecule has 112 valence electrons. The lowest BCUT2D eigenvalue weighted by Gasteiger charge is -2.35. The van der Waals surface area contributed by atoms with E-state index < -0.39 is 0 Å². The Morgan fingerprint density at radius 3 is 2.95 bits per heavy atom. The Bertz CT molecular complexity index is 778. The Morgan fingerprint density at radius 2 is 2.18 bits per heavy atom. The van der Waals surface area contributed by atoms with Crippen LogP contribution in [0.2, 0.25) is 0 Å². The van der Waals surface area contributed by atoms with Gasteiger partial charge in [0.1, 0.15) is 12.4 Å². The number of H-pyrrole nitrogens is 1. The molecular weight excluding hydrogens is 276 g/mol. The quantitative estimate of drug-likeness (QED) is 0.803. The van der Waals surface area contributed by atoms with Crippen molar-refractivity contribution in [2.24, 2.45) is 0 Å². The highest BCUT2D eigenvalue weighted by atomic mass is 16.5. The minimum Gasteiger partial charge on any atom is -0.488 e. The van der Waals surface area contributed by atoms with E-state index in [0.717, 1.165) is 35.3 Å². The van der Waals surface area contributed by atoms with Crippen LogP contribution in [0.1, 0.15) is 17.2 Å². The fourth-order valence-corrected chi connectivity index (χ4v) is 3.00. The van der Waals surface area contributed by atoms with Crippen LogP contribution in [-0.2, 0) is 6.61 Å². The van der Waals surface area contributed by atoms with Gasteiger partial charge in [-0.3, -0.25) is 10.1 Å². The summed E-state index contributed by atoms with van der Waals surface area (Å²) >= 11 is 0. The van der Waals surface area contributed by atoms with Crippen LogP contribution in [0.25, 0.3) is 10.9 Å². The average molecular weight is 294 g/mol. The number of hydrogen-bond donors (Lipinski definition) is 1. The monoisotopic (exact) mass is 294 g/mol. The van der Waals surface area contributed by atoms with Crippen molar-refractivity contribution >= 4 is 10.9 Å². The number of ether oxygens (including phenoxy) is 1. The molecule has 3 heterocycles. The summed E-state index contributed by atoms with van der Waals surface area (Å²) in [5, 5.41) is 8.75. The van der Waals surface area contributed by atoms with E-state index in [0.29, 0.717) is 12.5 Å². The van der Waals surface area contributed by atoms with Crippen LogP contribution in [0, 0.1) is 0 Å². The lowest BCUT2D eigenvalue weighted by Crippen LogP contribution is -2.41. The van der Waals surface area contributed by atoms with E-state index in [2.05, 4.69) is 27.1 Å². The number of likely N-dealkylation sites (N-methyl/N-ethyl adjacent to an activating group) is 1. The summed E-state index contributed by atoms with van der Waals surface area (Å²) in [5.74, 6) is 1.40. The molecule has 0 bridgehead atoms. The predicted molar refractivity (Wildman–Crippen MR) is 84.9 cm³/mol. The largest absolute Gasteiger partial charge is 0.488 e. The molecule has 0 unspecified atom stereocenters. The van der Waals surface area contributed by atoms with Crippen LogP contribution in [0.3, 0.4) is 0 Å². The summed E-state index contributed by atoms with van der Waals surface area (Å²) in [5.41, 5.74) is 3.22. The van der Waals surface area contributed by atoms with Crippen molar-refractivity contribution in [3.63, 3.8) is 0 Å². The third kappa shape index (κ3) is 2.33. The van der Waals surface area contributed by atoms with Crippen LogP contribution in [-0.4, -0.2) is 40.2 Å². The molecule has 0 aliphatic carbocycles. The van der Waals surface area contributed by atoms with Gasteiger partial charge >= 0.3 is 0 Å². The number of aromatic amines is 1. The van der Waals surface area contributed by atoms with Gasteiger partial charge in [-0.2, -0.15) is 5.10 Å². The zero-order valence-corrected chi connectivity index (χ0v) is 12.5. The number of rotatable bonds is 4. The summed E-state index contributed by atoms with van der Waals surface area (Å²) < 4.78 is 6.04. The Morgan fingerprint density at radius 1 is 1.27 bits per heavy atom. The maximum atomic E-state index is 6.04. The van der Waals surface area contributed by atoms with Crippen LogP contribution in [0.5, 0.6) is 5.75 Å². The number of hydrogen-bond acceptors (Lipinski definition) is 4. The van der Waals surface area contributed by atoms with Crippen LogP contribution in [0.4, 0.5) is 0 Å². The first-order valence-electron chi connectivity index (χ1n) is 7.48. The number of pyridine rings is 1. The van der Waals surface area contributed by atoms with Crippen molar-refractivity contribution in [1.29, 1.82) is 0 Å². The molecule has 4 rings (SSSR count). The predicted octanol–water partition coefficient (Wildman–Crippen LogP) is 2.57. The molecule has 1 aliphatic heterocycles. The van der Waals surface area contributed by atoms with Gasteiger partial charge in [0, 0.05) is 37.0 Å². The third-order valence-corrected chi connectivity index (χ3v) is 4.16. The second-order valence-electron chi connectivity index (χ2n) is 5.86.